The van der Waals surface area contributed by atoms with Gasteiger partial charge in [-0.1, -0.05) is 13.8 Å². The van der Waals surface area contributed by atoms with Crippen LogP contribution in [-0.2, 0) is 0 Å². The number of nitrogens with two attached hydrogens (primary N) is 1. The highest BCUT2D eigenvalue weighted by molar-refractivity contribution is 14.0. The second-order valence-corrected chi connectivity index (χ2v) is 4.94. The lowest BCUT2D eigenvalue weighted by Gasteiger charge is -2.17. The van der Waals surface area contributed by atoms with E-state index in [1.165, 1.54) is 0 Å². The van der Waals surface area contributed by atoms with Gasteiger partial charge < -0.3 is 25.4 Å². The van der Waals surface area contributed by atoms with E-state index >= 15 is 0 Å². The van der Waals surface area contributed by atoms with Crippen molar-refractivity contribution >= 4 is 35.6 Å². The molecule has 0 aliphatic heterocycles. The molecule has 138 valence electrons. The van der Waals surface area contributed by atoms with Gasteiger partial charge in [0, 0.05) is 12.6 Å². The highest BCUT2D eigenvalue weighted by Crippen LogP contribution is 2.29. The molecule has 0 aliphatic carbocycles. The van der Waals surface area contributed by atoms with Crippen LogP contribution in [0, 0.1) is 0 Å². The average Bonchev–Trinajstić information content (AvgIpc) is 2.54. The number of likely N-dealkylation sites (N-methyl/N-ethyl adjacent to an activating group) is 1. The summed E-state index contributed by atoms with van der Waals surface area (Å²) in [4.78, 5) is 6.68. The first-order chi connectivity index (χ1) is 11.1. The highest BCUT2D eigenvalue weighted by atomic mass is 127. The van der Waals surface area contributed by atoms with E-state index in [0.717, 1.165) is 36.8 Å². The van der Waals surface area contributed by atoms with Gasteiger partial charge in [0.1, 0.15) is 11.5 Å². The fraction of sp³-hybridized carbons (Fsp3) is 0.588. The Morgan fingerprint density at radius 3 is 2.38 bits per heavy atom. The van der Waals surface area contributed by atoms with E-state index < -0.39 is 0 Å². The van der Waals surface area contributed by atoms with Crippen molar-refractivity contribution in [2.45, 2.75) is 27.7 Å². The molecule has 0 unspecified atom stereocenters. The lowest BCUT2D eigenvalue weighted by atomic mass is 10.2. The Balaban J connectivity index is 0.00000529. The molecule has 3 N–H and O–H groups in total. The second-order valence-electron chi connectivity index (χ2n) is 4.94. The zero-order chi connectivity index (χ0) is 17.1. The minimum absolute atomic E-state index is 0. The van der Waals surface area contributed by atoms with Crippen LogP contribution >= 0.6 is 24.0 Å². The van der Waals surface area contributed by atoms with Crippen molar-refractivity contribution in [2.24, 2.45) is 10.7 Å². The summed E-state index contributed by atoms with van der Waals surface area (Å²) in [5.74, 6) is 1.89. The minimum Gasteiger partial charge on any atom is -0.494 e. The van der Waals surface area contributed by atoms with Crippen molar-refractivity contribution in [3.8, 4) is 11.5 Å². The van der Waals surface area contributed by atoms with E-state index in [-0.39, 0.29) is 24.0 Å². The molecule has 1 rings (SSSR count). The van der Waals surface area contributed by atoms with Crippen LogP contribution in [0.15, 0.2) is 23.2 Å². The molecule has 0 spiro atoms. The third kappa shape index (κ3) is 8.05. The molecule has 1 aromatic carbocycles. The smallest absolute Gasteiger partial charge is 0.193 e. The number of nitrogens with one attached hydrogen (secondary N) is 1. The van der Waals surface area contributed by atoms with Crippen molar-refractivity contribution in [1.82, 2.24) is 4.90 Å². The van der Waals surface area contributed by atoms with Crippen LogP contribution in [0.25, 0.3) is 0 Å². The Morgan fingerprint density at radius 2 is 1.79 bits per heavy atom. The van der Waals surface area contributed by atoms with Gasteiger partial charge in [0.2, 0.25) is 0 Å². The van der Waals surface area contributed by atoms with Gasteiger partial charge in [0.15, 0.2) is 5.96 Å². The van der Waals surface area contributed by atoms with E-state index in [2.05, 4.69) is 29.1 Å². The predicted molar refractivity (Wildman–Crippen MR) is 112 cm³/mol. The normalized spacial score (nSPS) is 11.1. The van der Waals surface area contributed by atoms with E-state index in [1.54, 1.807) is 0 Å². The SMILES string of the molecule is CCOc1ccc(OCC)c(NC(N)=NCCN(CC)CC)c1.I. The lowest BCUT2D eigenvalue weighted by molar-refractivity contribution is 0.313. The van der Waals surface area contributed by atoms with Gasteiger partial charge in [-0.15, -0.1) is 24.0 Å². The summed E-state index contributed by atoms with van der Waals surface area (Å²) < 4.78 is 11.1. The molecule has 0 aliphatic rings. The Bertz CT molecular complexity index is 493. The summed E-state index contributed by atoms with van der Waals surface area (Å²) in [5, 5.41) is 3.11. The van der Waals surface area contributed by atoms with Gasteiger partial charge in [0.25, 0.3) is 0 Å². The van der Waals surface area contributed by atoms with E-state index in [1.807, 2.05) is 32.0 Å². The van der Waals surface area contributed by atoms with Crippen LogP contribution < -0.4 is 20.5 Å². The third-order valence-electron chi connectivity index (χ3n) is 3.42. The van der Waals surface area contributed by atoms with Crippen LogP contribution in [-0.4, -0.2) is 50.3 Å². The van der Waals surface area contributed by atoms with E-state index in [4.69, 9.17) is 15.2 Å². The van der Waals surface area contributed by atoms with Crippen LogP contribution in [0.3, 0.4) is 0 Å². The summed E-state index contributed by atoms with van der Waals surface area (Å²) in [6.07, 6.45) is 0. The van der Waals surface area contributed by atoms with Crippen molar-refractivity contribution in [2.75, 3.05) is 44.7 Å². The van der Waals surface area contributed by atoms with Gasteiger partial charge in [-0.05, 0) is 39.1 Å². The number of guanidine groups is 1. The molecule has 0 saturated heterocycles. The molecule has 1 aromatic rings. The molecule has 7 heteroatoms. The summed E-state index contributed by atoms with van der Waals surface area (Å²) in [6, 6.07) is 5.63. The summed E-state index contributed by atoms with van der Waals surface area (Å²) in [7, 11) is 0. The second kappa shape index (κ2) is 13.1. The standard InChI is InChI=1S/C17H30N4O2.HI/c1-5-21(6-2)12-11-19-17(18)20-15-13-14(22-7-3)9-10-16(15)23-8-4;/h9-10,13H,5-8,11-12H2,1-4H3,(H3,18,19,20);1H. The molecule has 0 bridgehead atoms. The number of hydrogen-bond donors (Lipinski definition) is 2. The molecule has 0 atom stereocenters. The topological polar surface area (TPSA) is 72.1 Å². The molecule has 0 saturated carbocycles. The molecular weight excluding hydrogens is 419 g/mol. The van der Waals surface area contributed by atoms with Crippen LogP contribution in [0.4, 0.5) is 5.69 Å². The zero-order valence-electron chi connectivity index (χ0n) is 15.2. The molecule has 0 aromatic heterocycles. The largest absolute Gasteiger partial charge is 0.494 e. The molecule has 0 fully saturated rings. The van der Waals surface area contributed by atoms with Crippen LogP contribution in [0.5, 0.6) is 11.5 Å². The first-order valence-corrected chi connectivity index (χ1v) is 8.33. The summed E-state index contributed by atoms with van der Waals surface area (Å²) in [5.41, 5.74) is 6.75. The summed E-state index contributed by atoms with van der Waals surface area (Å²) >= 11 is 0. The van der Waals surface area contributed by atoms with Gasteiger partial charge in [0.05, 0.1) is 25.4 Å². The van der Waals surface area contributed by atoms with Gasteiger partial charge in [-0.25, -0.2) is 0 Å². The van der Waals surface area contributed by atoms with Crippen molar-refractivity contribution in [3.63, 3.8) is 0 Å². The molecule has 0 heterocycles. The fourth-order valence-electron chi connectivity index (χ4n) is 2.17. The molecule has 0 radical (unpaired) electrons. The predicted octanol–water partition coefficient (Wildman–Crippen LogP) is 3.17. The van der Waals surface area contributed by atoms with E-state index in [9.17, 15) is 0 Å². The Morgan fingerprint density at radius 1 is 1.12 bits per heavy atom. The quantitative estimate of drug-likeness (QED) is 0.326. The number of aliphatic imine (C=N–C) groups is 1. The molecular formula is C17H31IN4O2. The van der Waals surface area contributed by atoms with Gasteiger partial charge in [-0.2, -0.15) is 0 Å². The third-order valence-corrected chi connectivity index (χ3v) is 3.42. The first-order valence-electron chi connectivity index (χ1n) is 8.33. The molecule has 0 amide bonds. The number of hydrogen-bond acceptors (Lipinski definition) is 4. The summed E-state index contributed by atoms with van der Waals surface area (Å²) in [6.45, 7) is 13.0. The van der Waals surface area contributed by atoms with Crippen LogP contribution in [0.1, 0.15) is 27.7 Å². The molecule has 6 nitrogen and oxygen atoms in total. The molecule has 24 heavy (non-hydrogen) atoms. The first kappa shape index (κ1) is 22.8. The number of halogens is 1. The number of benzene rings is 1. The van der Waals surface area contributed by atoms with Crippen molar-refractivity contribution < 1.29 is 9.47 Å². The average molecular weight is 450 g/mol. The zero-order valence-corrected chi connectivity index (χ0v) is 17.5. The maximum Gasteiger partial charge on any atom is 0.193 e. The fourth-order valence-corrected chi connectivity index (χ4v) is 2.17. The van der Waals surface area contributed by atoms with Crippen molar-refractivity contribution in [3.05, 3.63) is 18.2 Å². The highest BCUT2D eigenvalue weighted by Gasteiger charge is 2.07. The van der Waals surface area contributed by atoms with Gasteiger partial charge >= 0.3 is 0 Å². The monoisotopic (exact) mass is 450 g/mol. The maximum absolute atomic E-state index is 5.99. The Labute approximate surface area is 162 Å². The Hall–Kier alpha value is -1.22. The lowest BCUT2D eigenvalue weighted by Crippen LogP contribution is -2.28. The van der Waals surface area contributed by atoms with E-state index in [0.29, 0.717) is 25.7 Å². The van der Waals surface area contributed by atoms with Gasteiger partial charge in [-0.3, -0.25) is 4.99 Å². The number of anilines is 1. The Kier molecular flexibility index (Phi) is 12.4. The van der Waals surface area contributed by atoms with Crippen molar-refractivity contribution in [1.29, 1.82) is 0 Å². The van der Waals surface area contributed by atoms with Crippen LogP contribution in [0.2, 0.25) is 0 Å². The maximum atomic E-state index is 5.99. The minimum atomic E-state index is 0. The number of rotatable bonds is 10. The number of ether oxygens (including phenoxy) is 2. The number of nitrogens with zero attached hydrogens (tertiary/aromatic N) is 2.